The van der Waals surface area contributed by atoms with E-state index < -0.39 is 0 Å². The highest BCUT2D eigenvalue weighted by atomic mass is 35.5. The number of fused-ring (bicyclic) bond motifs is 1. The fourth-order valence-electron chi connectivity index (χ4n) is 4.11. The van der Waals surface area contributed by atoms with E-state index in [1.807, 2.05) is 12.1 Å². The first-order chi connectivity index (χ1) is 13.1. The molecule has 2 fully saturated rings. The van der Waals surface area contributed by atoms with Gasteiger partial charge in [-0.3, -0.25) is 4.79 Å². The van der Waals surface area contributed by atoms with Gasteiger partial charge in [-0.2, -0.15) is 4.98 Å². The Morgan fingerprint density at radius 3 is 3.04 bits per heavy atom. The van der Waals surface area contributed by atoms with E-state index in [2.05, 4.69) is 15.2 Å². The number of oxazole rings is 1. The van der Waals surface area contributed by atoms with Crippen molar-refractivity contribution >= 4 is 34.6 Å². The summed E-state index contributed by atoms with van der Waals surface area (Å²) in [5, 5.41) is 13.0. The molecule has 1 amide bonds. The van der Waals surface area contributed by atoms with E-state index in [4.69, 9.17) is 16.0 Å². The summed E-state index contributed by atoms with van der Waals surface area (Å²) in [6.07, 6.45) is 5.21. The van der Waals surface area contributed by atoms with E-state index in [1.54, 1.807) is 6.07 Å². The van der Waals surface area contributed by atoms with E-state index in [0.717, 1.165) is 50.7 Å². The van der Waals surface area contributed by atoms with E-state index in [0.29, 0.717) is 41.4 Å². The van der Waals surface area contributed by atoms with Crippen LogP contribution in [0.3, 0.4) is 0 Å². The Balaban J connectivity index is 1.27. The van der Waals surface area contributed by atoms with Crippen molar-refractivity contribution in [3.8, 4) is 0 Å². The Labute approximate surface area is 163 Å². The van der Waals surface area contributed by atoms with Gasteiger partial charge in [0.2, 0.25) is 5.91 Å². The molecule has 0 spiro atoms. The van der Waals surface area contributed by atoms with Crippen molar-refractivity contribution in [2.75, 3.05) is 24.5 Å². The molecule has 1 aromatic heterocycles. The zero-order valence-corrected chi connectivity index (χ0v) is 16.1. The van der Waals surface area contributed by atoms with Crippen LogP contribution in [0.5, 0.6) is 0 Å². The number of aromatic nitrogens is 1. The topological polar surface area (TPSA) is 78.6 Å². The fraction of sp³-hybridized carbons (Fsp3) is 0.600. The zero-order chi connectivity index (χ0) is 18.8. The molecule has 1 atom stereocenters. The Bertz CT molecular complexity index is 803. The molecule has 2 aliphatic rings. The second-order valence-corrected chi connectivity index (χ2v) is 8.33. The monoisotopic (exact) mass is 391 g/mol. The summed E-state index contributed by atoms with van der Waals surface area (Å²) in [6, 6.07) is 6.06. The van der Waals surface area contributed by atoms with Crippen LogP contribution in [0, 0.1) is 11.8 Å². The Morgan fingerprint density at radius 1 is 1.37 bits per heavy atom. The van der Waals surface area contributed by atoms with Gasteiger partial charge in [0.05, 0.1) is 6.10 Å². The van der Waals surface area contributed by atoms with Crippen molar-refractivity contribution in [1.82, 2.24) is 10.3 Å². The lowest BCUT2D eigenvalue weighted by Crippen LogP contribution is -2.38. The number of nitrogens with zero attached hydrogens (tertiary/aromatic N) is 2. The third kappa shape index (κ3) is 4.55. The van der Waals surface area contributed by atoms with Gasteiger partial charge in [-0.15, -0.1) is 0 Å². The molecule has 1 unspecified atom stereocenters. The molecule has 2 heterocycles. The second-order valence-electron chi connectivity index (χ2n) is 7.90. The average molecular weight is 392 g/mol. The molecule has 0 radical (unpaired) electrons. The normalized spacial score (nSPS) is 25.4. The van der Waals surface area contributed by atoms with Crippen LogP contribution in [-0.2, 0) is 4.79 Å². The standard InChI is InChI=1S/C20H26ClN3O3/c21-15-3-4-17-18(11-15)27-20(23-17)24-7-1-2-14(12-24)10-19(26)22-6-5-13-8-16(25)9-13/h3-4,11,13-14,16,25H,1-2,5-10,12H2,(H,22,26). The molecule has 0 bridgehead atoms. The molecule has 2 N–H and O–H groups in total. The number of amides is 1. The van der Waals surface area contributed by atoms with Crippen molar-refractivity contribution in [2.45, 2.75) is 44.6 Å². The van der Waals surface area contributed by atoms with Crippen LogP contribution in [-0.4, -0.2) is 41.7 Å². The lowest BCUT2D eigenvalue weighted by Gasteiger charge is -2.32. The number of piperidine rings is 1. The molecule has 1 saturated carbocycles. The van der Waals surface area contributed by atoms with Gasteiger partial charge in [0.1, 0.15) is 5.52 Å². The summed E-state index contributed by atoms with van der Waals surface area (Å²) in [5.41, 5.74) is 1.49. The summed E-state index contributed by atoms with van der Waals surface area (Å²) >= 11 is 6.02. The Morgan fingerprint density at radius 2 is 2.22 bits per heavy atom. The number of halogens is 1. The number of nitrogens with one attached hydrogen (secondary N) is 1. The number of rotatable bonds is 6. The van der Waals surface area contributed by atoms with Gasteiger partial charge in [-0.05, 0) is 56.1 Å². The molecular weight excluding hydrogens is 366 g/mol. The maximum absolute atomic E-state index is 12.3. The van der Waals surface area contributed by atoms with Gasteiger partial charge in [0.25, 0.3) is 6.01 Å². The van der Waals surface area contributed by atoms with Crippen molar-refractivity contribution in [3.05, 3.63) is 23.2 Å². The molecular formula is C20H26ClN3O3. The minimum atomic E-state index is -0.123. The van der Waals surface area contributed by atoms with Crippen molar-refractivity contribution in [1.29, 1.82) is 0 Å². The first-order valence-corrected chi connectivity index (χ1v) is 10.2. The molecule has 6 nitrogen and oxygen atoms in total. The maximum atomic E-state index is 12.3. The van der Waals surface area contributed by atoms with Gasteiger partial charge in [-0.1, -0.05) is 11.6 Å². The van der Waals surface area contributed by atoms with E-state index in [1.165, 1.54) is 0 Å². The van der Waals surface area contributed by atoms with Gasteiger partial charge >= 0.3 is 0 Å². The lowest BCUT2D eigenvalue weighted by atomic mass is 9.80. The average Bonchev–Trinajstić information content (AvgIpc) is 3.03. The highest BCUT2D eigenvalue weighted by Gasteiger charge is 2.27. The molecule has 27 heavy (non-hydrogen) atoms. The summed E-state index contributed by atoms with van der Waals surface area (Å²) in [6.45, 7) is 2.38. The van der Waals surface area contributed by atoms with Crippen LogP contribution in [0.2, 0.25) is 5.02 Å². The number of carbonyl (C=O) groups excluding carboxylic acids is 1. The predicted molar refractivity (Wildman–Crippen MR) is 105 cm³/mol. The SMILES string of the molecule is O=C(CC1CCCN(c2nc3ccc(Cl)cc3o2)C1)NCCC1CC(O)C1. The third-order valence-electron chi connectivity index (χ3n) is 5.69. The van der Waals surface area contributed by atoms with Gasteiger partial charge in [0, 0.05) is 37.1 Å². The molecule has 1 aliphatic carbocycles. The smallest absolute Gasteiger partial charge is 0.298 e. The second kappa shape index (κ2) is 8.07. The largest absolute Gasteiger partial charge is 0.423 e. The van der Waals surface area contributed by atoms with E-state index in [-0.39, 0.29) is 12.0 Å². The van der Waals surface area contributed by atoms with Crippen LogP contribution in [0.4, 0.5) is 6.01 Å². The van der Waals surface area contributed by atoms with Crippen LogP contribution in [0.15, 0.2) is 22.6 Å². The first kappa shape index (κ1) is 18.6. The van der Waals surface area contributed by atoms with E-state index in [9.17, 15) is 9.90 Å². The summed E-state index contributed by atoms with van der Waals surface area (Å²) < 4.78 is 5.87. The lowest BCUT2D eigenvalue weighted by molar-refractivity contribution is -0.122. The Hall–Kier alpha value is -1.79. The number of anilines is 1. The third-order valence-corrected chi connectivity index (χ3v) is 5.92. The predicted octanol–water partition coefficient (Wildman–Crippen LogP) is 3.36. The molecule has 7 heteroatoms. The summed E-state index contributed by atoms with van der Waals surface area (Å²) in [7, 11) is 0. The maximum Gasteiger partial charge on any atom is 0.298 e. The van der Waals surface area contributed by atoms with Crippen LogP contribution < -0.4 is 10.2 Å². The van der Waals surface area contributed by atoms with E-state index >= 15 is 0 Å². The van der Waals surface area contributed by atoms with Crippen molar-refractivity contribution in [3.63, 3.8) is 0 Å². The molecule has 2 aromatic rings. The minimum Gasteiger partial charge on any atom is -0.423 e. The first-order valence-electron chi connectivity index (χ1n) is 9.82. The summed E-state index contributed by atoms with van der Waals surface area (Å²) in [4.78, 5) is 18.9. The van der Waals surface area contributed by atoms with Crippen LogP contribution in [0.1, 0.15) is 38.5 Å². The van der Waals surface area contributed by atoms with Crippen LogP contribution >= 0.6 is 11.6 Å². The highest BCUT2D eigenvalue weighted by Crippen LogP contribution is 2.30. The van der Waals surface area contributed by atoms with Crippen molar-refractivity contribution < 1.29 is 14.3 Å². The molecule has 1 aromatic carbocycles. The zero-order valence-electron chi connectivity index (χ0n) is 15.4. The number of aliphatic hydroxyl groups is 1. The molecule has 1 saturated heterocycles. The number of benzene rings is 1. The number of hydrogen-bond acceptors (Lipinski definition) is 5. The molecule has 4 rings (SSSR count). The Kier molecular flexibility index (Phi) is 5.55. The van der Waals surface area contributed by atoms with Gasteiger partial charge in [0.15, 0.2) is 5.58 Å². The quantitative estimate of drug-likeness (QED) is 0.789. The van der Waals surface area contributed by atoms with Crippen molar-refractivity contribution in [2.24, 2.45) is 11.8 Å². The minimum absolute atomic E-state index is 0.117. The fourth-order valence-corrected chi connectivity index (χ4v) is 4.28. The number of hydrogen-bond donors (Lipinski definition) is 2. The van der Waals surface area contributed by atoms with Crippen LogP contribution in [0.25, 0.3) is 11.1 Å². The summed E-state index contributed by atoms with van der Waals surface area (Å²) in [5.74, 6) is 0.993. The van der Waals surface area contributed by atoms with Gasteiger partial charge < -0.3 is 19.7 Å². The highest BCUT2D eigenvalue weighted by molar-refractivity contribution is 6.31. The number of carbonyl (C=O) groups is 1. The number of aliphatic hydroxyl groups excluding tert-OH is 1. The van der Waals surface area contributed by atoms with Gasteiger partial charge in [-0.25, -0.2) is 0 Å². The molecule has 146 valence electrons. The molecule has 1 aliphatic heterocycles.